The average Bonchev–Trinajstić information content (AvgIpc) is 3.20. The maximum Gasteiger partial charge on any atom is 0.324 e. The zero-order chi connectivity index (χ0) is 24.4. The Hall–Kier alpha value is -3.26. The van der Waals surface area contributed by atoms with Crippen LogP contribution in [0.5, 0.6) is 11.5 Å². The summed E-state index contributed by atoms with van der Waals surface area (Å²) in [6.45, 7) is 6.99. The standard InChI is InChI=1S/C26H35N5O3/c1-16(2)20-14-21(24(33)15-23(20)32)25(27)31(26(28)34)19-3-4-22-18(13-19)8-12-30(22)11-7-17-5-9-29-10-6-17/h3-4,8,12,14-18,27,29,32-33H,5-7,9-11,13H2,1-2H3,(H2,28,34). The van der Waals surface area contributed by atoms with Gasteiger partial charge in [0.15, 0.2) is 0 Å². The Balaban J connectivity index is 1.53. The van der Waals surface area contributed by atoms with E-state index in [9.17, 15) is 15.0 Å². The van der Waals surface area contributed by atoms with Crippen molar-refractivity contribution in [1.82, 2.24) is 15.1 Å². The lowest BCUT2D eigenvalue weighted by Crippen LogP contribution is -2.41. The molecule has 1 aromatic rings. The quantitative estimate of drug-likeness (QED) is 0.321. The fourth-order valence-corrected chi connectivity index (χ4v) is 5.10. The van der Waals surface area contributed by atoms with Crippen LogP contribution in [-0.4, -0.2) is 51.5 Å². The molecular weight excluding hydrogens is 430 g/mol. The minimum atomic E-state index is -0.781. The number of allylic oxidation sites excluding steroid dienone is 4. The number of aromatic hydroxyl groups is 2. The summed E-state index contributed by atoms with van der Waals surface area (Å²) >= 11 is 0. The molecule has 4 rings (SSSR count). The summed E-state index contributed by atoms with van der Waals surface area (Å²) in [5.74, 6) is 0.328. The van der Waals surface area contributed by atoms with E-state index in [1.807, 2.05) is 26.0 Å². The topological polar surface area (TPSA) is 126 Å². The van der Waals surface area contributed by atoms with Gasteiger partial charge < -0.3 is 26.2 Å². The largest absolute Gasteiger partial charge is 0.508 e. The number of nitrogens with two attached hydrogens (primary N) is 1. The van der Waals surface area contributed by atoms with Crippen molar-refractivity contribution in [3.8, 4) is 11.5 Å². The molecule has 1 saturated heterocycles. The van der Waals surface area contributed by atoms with Gasteiger partial charge in [0, 0.05) is 42.5 Å². The summed E-state index contributed by atoms with van der Waals surface area (Å²) in [6.07, 6.45) is 12.2. The lowest BCUT2D eigenvalue weighted by Gasteiger charge is -2.31. The van der Waals surface area contributed by atoms with Gasteiger partial charge in [-0.25, -0.2) is 4.79 Å². The molecule has 1 aromatic carbocycles. The number of carbonyl (C=O) groups is 1. The Kier molecular flexibility index (Phi) is 6.97. The van der Waals surface area contributed by atoms with Crippen LogP contribution in [0.4, 0.5) is 4.79 Å². The van der Waals surface area contributed by atoms with Crippen molar-refractivity contribution in [2.75, 3.05) is 19.6 Å². The molecule has 1 unspecified atom stereocenters. The molecule has 34 heavy (non-hydrogen) atoms. The Morgan fingerprint density at radius 3 is 2.65 bits per heavy atom. The maximum absolute atomic E-state index is 12.4. The normalized spacial score (nSPS) is 20.2. The Morgan fingerprint density at radius 2 is 1.97 bits per heavy atom. The molecule has 1 fully saturated rings. The summed E-state index contributed by atoms with van der Waals surface area (Å²) in [5, 5.41) is 32.7. The lowest BCUT2D eigenvalue weighted by molar-refractivity contribution is 0.235. The van der Waals surface area contributed by atoms with Crippen LogP contribution in [0.25, 0.3) is 0 Å². The van der Waals surface area contributed by atoms with Crippen LogP contribution in [-0.2, 0) is 0 Å². The molecule has 0 bridgehead atoms. The molecule has 1 atom stereocenters. The van der Waals surface area contributed by atoms with Crippen molar-refractivity contribution in [3.05, 3.63) is 59.1 Å². The highest BCUT2D eigenvalue weighted by Crippen LogP contribution is 2.38. The van der Waals surface area contributed by atoms with E-state index in [4.69, 9.17) is 11.1 Å². The zero-order valence-electron chi connectivity index (χ0n) is 19.9. The van der Waals surface area contributed by atoms with Crippen LogP contribution in [0.3, 0.4) is 0 Å². The average molecular weight is 466 g/mol. The molecule has 2 heterocycles. The molecule has 0 aromatic heterocycles. The van der Waals surface area contributed by atoms with Crippen LogP contribution in [0.2, 0.25) is 0 Å². The second kappa shape index (κ2) is 9.93. The second-order valence-corrected chi connectivity index (χ2v) is 9.68. The van der Waals surface area contributed by atoms with Gasteiger partial charge in [0.25, 0.3) is 0 Å². The van der Waals surface area contributed by atoms with Crippen molar-refractivity contribution >= 4 is 11.9 Å². The first-order valence-corrected chi connectivity index (χ1v) is 12.1. The molecular formula is C26H35N5O3. The van der Waals surface area contributed by atoms with Gasteiger partial charge >= 0.3 is 6.03 Å². The number of phenolic OH excluding ortho intramolecular Hbond substituents is 2. The molecule has 0 spiro atoms. The minimum absolute atomic E-state index is 0.0203. The predicted molar refractivity (Wildman–Crippen MR) is 132 cm³/mol. The van der Waals surface area contributed by atoms with Crippen molar-refractivity contribution in [2.45, 2.75) is 45.4 Å². The van der Waals surface area contributed by atoms with Gasteiger partial charge in [0.1, 0.15) is 17.3 Å². The highest BCUT2D eigenvalue weighted by atomic mass is 16.3. The van der Waals surface area contributed by atoms with E-state index < -0.39 is 6.03 Å². The third kappa shape index (κ3) is 4.82. The molecule has 0 radical (unpaired) electrons. The Labute approximate surface area is 200 Å². The first-order chi connectivity index (χ1) is 16.3. The zero-order valence-corrected chi connectivity index (χ0v) is 19.9. The van der Waals surface area contributed by atoms with Crippen molar-refractivity contribution in [2.24, 2.45) is 17.6 Å². The monoisotopic (exact) mass is 465 g/mol. The molecule has 0 saturated carbocycles. The number of nitrogens with one attached hydrogen (secondary N) is 2. The maximum atomic E-state index is 12.4. The molecule has 3 aliphatic rings. The number of amidine groups is 1. The summed E-state index contributed by atoms with van der Waals surface area (Å²) in [7, 11) is 0. The van der Waals surface area contributed by atoms with E-state index in [2.05, 4.69) is 22.5 Å². The SMILES string of the molecule is CC(C)c1cc(C(=N)N(C(N)=O)C2=CC=C3C(C=CN3CCC3CCNCC3)C2)c(O)cc1O. The molecule has 2 aliphatic heterocycles. The van der Waals surface area contributed by atoms with E-state index in [0.29, 0.717) is 17.7 Å². The van der Waals surface area contributed by atoms with Crippen LogP contribution < -0.4 is 11.1 Å². The fraction of sp³-hybridized carbons (Fsp3) is 0.462. The fourth-order valence-electron chi connectivity index (χ4n) is 5.10. The lowest BCUT2D eigenvalue weighted by atomic mass is 9.93. The number of benzene rings is 1. The number of phenols is 2. The van der Waals surface area contributed by atoms with E-state index >= 15 is 0 Å². The molecule has 2 amide bonds. The highest BCUT2D eigenvalue weighted by molar-refractivity contribution is 6.08. The summed E-state index contributed by atoms with van der Waals surface area (Å²) in [4.78, 5) is 15.9. The molecule has 8 nitrogen and oxygen atoms in total. The minimum Gasteiger partial charge on any atom is -0.508 e. The number of primary amides is 1. The van der Waals surface area contributed by atoms with Gasteiger partial charge in [0.05, 0.1) is 5.56 Å². The van der Waals surface area contributed by atoms with E-state index in [-0.39, 0.29) is 34.7 Å². The first kappa shape index (κ1) is 23.9. The van der Waals surface area contributed by atoms with Crippen LogP contribution in [0, 0.1) is 17.2 Å². The number of piperidine rings is 1. The van der Waals surface area contributed by atoms with Crippen molar-refractivity contribution < 1.29 is 15.0 Å². The van der Waals surface area contributed by atoms with E-state index in [0.717, 1.165) is 36.9 Å². The smallest absolute Gasteiger partial charge is 0.324 e. The van der Waals surface area contributed by atoms with Gasteiger partial charge in [-0.05, 0) is 68.0 Å². The van der Waals surface area contributed by atoms with Gasteiger partial charge in [-0.2, -0.15) is 0 Å². The third-order valence-corrected chi connectivity index (χ3v) is 7.08. The van der Waals surface area contributed by atoms with Crippen LogP contribution in [0.15, 0.2) is 48.0 Å². The number of amides is 2. The second-order valence-electron chi connectivity index (χ2n) is 9.68. The highest BCUT2D eigenvalue weighted by Gasteiger charge is 2.32. The van der Waals surface area contributed by atoms with Crippen molar-refractivity contribution in [1.29, 1.82) is 5.41 Å². The Bertz CT molecular complexity index is 1050. The summed E-state index contributed by atoms with van der Waals surface area (Å²) < 4.78 is 0. The predicted octanol–water partition coefficient (Wildman–Crippen LogP) is 3.93. The van der Waals surface area contributed by atoms with E-state index in [1.165, 1.54) is 24.6 Å². The van der Waals surface area contributed by atoms with Crippen molar-refractivity contribution in [3.63, 3.8) is 0 Å². The number of urea groups is 1. The van der Waals surface area contributed by atoms with Gasteiger partial charge in [-0.3, -0.25) is 10.3 Å². The van der Waals surface area contributed by atoms with Crippen LogP contribution in [0.1, 0.15) is 56.6 Å². The van der Waals surface area contributed by atoms with E-state index in [1.54, 1.807) is 6.07 Å². The summed E-state index contributed by atoms with van der Waals surface area (Å²) in [6, 6.07) is 1.98. The third-order valence-electron chi connectivity index (χ3n) is 7.08. The van der Waals surface area contributed by atoms with Gasteiger partial charge in [0.2, 0.25) is 0 Å². The molecule has 8 heteroatoms. The number of hydrogen-bond donors (Lipinski definition) is 5. The molecule has 182 valence electrons. The first-order valence-electron chi connectivity index (χ1n) is 12.1. The Morgan fingerprint density at radius 1 is 1.24 bits per heavy atom. The number of rotatable bonds is 6. The number of fused-ring (bicyclic) bond motifs is 1. The molecule has 1 aliphatic carbocycles. The number of nitrogens with zero attached hydrogens (tertiary/aromatic N) is 2. The molecule has 6 N–H and O–H groups in total. The van der Waals surface area contributed by atoms with Gasteiger partial charge in [-0.15, -0.1) is 0 Å². The van der Waals surface area contributed by atoms with Crippen LogP contribution >= 0.6 is 0 Å². The number of hydrogen-bond acceptors (Lipinski definition) is 6. The summed E-state index contributed by atoms with van der Waals surface area (Å²) in [5.41, 5.74) is 8.24. The van der Waals surface area contributed by atoms with Gasteiger partial charge in [-0.1, -0.05) is 19.9 Å². The number of carbonyl (C=O) groups excluding carboxylic acids is 1.